The molecule has 22 heavy (non-hydrogen) atoms. The van der Waals surface area contributed by atoms with Crippen LogP contribution in [0.1, 0.15) is 21.5 Å². The van der Waals surface area contributed by atoms with E-state index in [0.717, 1.165) is 29.6 Å². The van der Waals surface area contributed by atoms with E-state index in [4.69, 9.17) is 5.73 Å². The first-order chi connectivity index (χ1) is 10.7. The summed E-state index contributed by atoms with van der Waals surface area (Å²) in [4.78, 5) is 15.8. The fourth-order valence-corrected chi connectivity index (χ4v) is 2.80. The van der Waals surface area contributed by atoms with E-state index in [2.05, 4.69) is 22.2 Å². The number of carbonyl (C=O) groups excluding carboxylic acids is 1. The Morgan fingerprint density at radius 2 is 2.14 bits per heavy atom. The number of aliphatic imine (C=N–C) groups is 1. The third kappa shape index (κ3) is 1.98. The maximum Gasteiger partial charge on any atom is 0.250 e. The average molecular weight is 290 g/mol. The van der Waals surface area contributed by atoms with Crippen molar-refractivity contribution in [3.8, 4) is 5.69 Å². The monoisotopic (exact) mass is 290 g/mol. The summed E-state index contributed by atoms with van der Waals surface area (Å²) in [6.07, 6.45) is 4.76. The topological polar surface area (TPSA) is 73.3 Å². The van der Waals surface area contributed by atoms with Crippen LogP contribution in [0, 0.1) is 0 Å². The van der Waals surface area contributed by atoms with Crippen molar-refractivity contribution < 1.29 is 4.79 Å². The van der Waals surface area contributed by atoms with Gasteiger partial charge in [0.15, 0.2) is 0 Å². The van der Waals surface area contributed by atoms with Crippen molar-refractivity contribution in [2.75, 3.05) is 6.54 Å². The average Bonchev–Trinajstić information content (AvgIpc) is 2.98. The summed E-state index contributed by atoms with van der Waals surface area (Å²) in [5, 5.41) is 5.43. The molecule has 2 N–H and O–H groups in total. The van der Waals surface area contributed by atoms with Gasteiger partial charge in [0.25, 0.3) is 5.91 Å². The molecule has 2 heterocycles. The summed E-state index contributed by atoms with van der Waals surface area (Å²) < 4.78 is 1.79. The SMILES string of the molecule is NC(=O)c1cccc2cn(-c3ccc4c(c3)CCN=C4)nc12. The largest absolute Gasteiger partial charge is 0.366 e. The van der Waals surface area contributed by atoms with Crippen LogP contribution in [0.25, 0.3) is 16.6 Å². The van der Waals surface area contributed by atoms with Crippen molar-refractivity contribution in [2.24, 2.45) is 10.7 Å². The van der Waals surface area contributed by atoms with Crippen LogP contribution in [-0.2, 0) is 6.42 Å². The van der Waals surface area contributed by atoms with Gasteiger partial charge in [-0.05, 0) is 35.7 Å². The highest BCUT2D eigenvalue weighted by molar-refractivity contribution is 6.04. The fraction of sp³-hybridized carbons (Fsp3) is 0.118. The van der Waals surface area contributed by atoms with E-state index in [-0.39, 0.29) is 0 Å². The Hall–Kier alpha value is -2.95. The molecule has 5 nitrogen and oxygen atoms in total. The van der Waals surface area contributed by atoms with Crippen LogP contribution in [0.2, 0.25) is 0 Å². The van der Waals surface area contributed by atoms with Crippen LogP contribution in [0.4, 0.5) is 0 Å². The van der Waals surface area contributed by atoms with Crippen LogP contribution in [0.3, 0.4) is 0 Å². The molecule has 0 saturated carbocycles. The van der Waals surface area contributed by atoms with Gasteiger partial charge in [-0.2, -0.15) is 5.10 Å². The first-order valence-corrected chi connectivity index (χ1v) is 7.14. The number of nitrogens with two attached hydrogens (primary N) is 1. The molecule has 0 saturated heterocycles. The van der Waals surface area contributed by atoms with Crippen molar-refractivity contribution in [3.05, 3.63) is 59.3 Å². The van der Waals surface area contributed by atoms with Gasteiger partial charge in [-0.15, -0.1) is 0 Å². The van der Waals surface area contributed by atoms with E-state index in [1.165, 1.54) is 5.56 Å². The highest BCUT2D eigenvalue weighted by Crippen LogP contribution is 2.21. The van der Waals surface area contributed by atoms with E-state index >= 15 is 0 Å². The molecule has 1 aromatic heterocycles. The zero-order valence-corrected chi connectivity index (χ0v) is 11.9. The van der Waals surface area contributed by atoms with Crippen LogP contribution < -0.4 is 5.73 Å². The van der Waals surface area contributed by atoms with Crippen molar-refractivity contribution >= 4 is 23.0 Å². The number of hydrogen-bond donors (Lipinski definition) is 1. The minimum Gasteiger partial charge on any atom is -0.366 e. The Bertz CT molecular complexity index is 924. The summed E-state index contributed by atoms with van der Waals surface area (Å²) in [5.41, 5.74) is 9.89. The molecule has 1 aliphatic rings. The van der Waals surface area contributed by atoms with Crippen molar-refractivity contribution in [1.82, 2.24) is 9.78 Å². The van der Waals surface area contributed by atoms with Gasteiger partial charge in [0.2, 0.25) is 0 Å². The molecule has 1 aliphatic heterocycles. The van der Waals surface area contributed by atoms with Gasteiger partial charge >= 0.3 is 0 Å². The fourth-order valence-electron chi connectivity index (χ4n) is 2.80. The lowest BCUT2D eigenvalue weighted by atomic mass is 10.0. The number of amides is 1. The molecule has 1 amide bonds. The molecular formula is C17H14N4O. The maximum absolute atomic E-state index is 11.5. The number of hydrogen-bond acceptors (Lipinski definition) is 3. The second kappa shape index (κ2) is 4.80. The number of primary amides is 1. The minimum absolute atomic E-state index is 0.446. The quantitative estimate of drug-likeness (QED) is 0.785. The first kappa shape index (κ1) is 12.8. The maximum atomic E-state index is 11.5. The van der Waals surface area contributed by atoms with Gasteiger partial charge < -0.3 is 5.73 Å². The Labute approximate surface area is 127 Å². The third-order valence-electron chi connectivity index (χ3n) is 3.93. The first-order valence-electron chi connectivity index (χ1n) is 7.14. The Kier molecular flexibility index (Phi) is 2.79. The van der Waals surface area contributed by atoms with E-state index in [1.807, 2.05) is 30.6 Å². The smallest absolute Gasteiger partial charge is 0.250 e. The molecule has 3 aromatic rings. The summed E-state index contributed by atoms with van der Waals surface area (Å²) in [6.45, 7) is 0.823. The number of aromatic nitrogens is 2. The molecule has 108 valence electrons. The molecule has 0 radical (unpaired) electrons. The number of benzene rings is 2. The summed E-state index contributed by atoms with van der Waals surface area (Å²) in [5.74, 6) is -0.461. The van der Waals surface area contributed by atoms with Crippen LogP contribution >= 0.6 is 0 Å². The van der Waals surface area contributed by atoms with Crippen molar-refractivity contribution in [2.45, 2.75) is 6.42 Å². The van der Waals surface area contributed by atoms with Crippen molar-refractivity contribution in [1.29, 1.82) is 0 Å². The standard InChI is InChI=1S/C17H14N4O/c18-17(22)15-3-1-2-13-10-21(20-16(13)15)14-5-4-12-9-19-7-6-11(12)8-14/h1-5,8-10H,6-7H2,(H2,18,22). The Morgan fingerprint density at radius 1 is 1.23 bits per heavy atom. The zero-order valence-electron chi connectivity index (χ0n) is 11.9. The van der Waals surface area contributed by atoms with Crippen molar-refractivity contribution in [3.63, 3.8) is 0 Å². The van der Waals surface area contributed by atoms with Gasteiger partial charge in [-0.3, -0.25) is 9.79 Å². The summed E-state index contributed by atoms with van der Waals surface area (Å²) in [7, 11) is 0. The second-order valence-electron chi connectivity index (χ2n) is 5.35. The predicted molar refractivity (Wildman–Crippen MR) is 85.8 cm³/mol. The number of rotatable bonds is 2. The summed E-state index contributed by atoms with van der Waals surface area (Å²) in [6, 6.07) is 11.6. The van der Waals surface area contributed by atoms with E-state index < -0.39 is 5.91 Å². The van der Waals surface area contributed by atoms with Gasteiger partial charge in [0, 0.05) is 24.3 Å². The molecule has 0 atom stereocenters. The molecule has 4 rings (SSSR count). The molecule has 2 aromatic carbocycles. The third-order valence-corrected chi connectivity index (χ3v) is 3.93. The van der Waals surface area contributed by atoms with Gasteiger partial charge in [0.1, 0.15) is 5.52 Å². The van der Waals surface area contributed by atoms with Crippen LogP contribution in [0.5, 0.6) is 0 Å². The molecule has 0 fully saturated rings. The Morgan fingerprint density at radius 3 is 3.00 bits per heavy atom. The highest BCUT2D eigenvalue weighted by atomic mass is 16.1. The Balaban J connectivity index is 1.86. The lowest BCUT2D eigenvalue weighted by molar-refractivity contribution is 0.100. The number of nitrogens with zero attached hydrogens (tertiary/aromatic N) is 3. The number of carbonyl (C=O) groups is 1. The van der Waals surface area contributed by atoms with Crippen LogP contribution in [-0.4, -0.2) is 28.4 Å². The van der Waals surface area contributed by atoms with E-state index in [0.29, 0.717) is 11.1 Å². The second-order valence-corrected chi connectivity index (χ2v) is 5.35. The summed E-state index contributed by atoms with van der Waals surface area (Å²) >= 11 is 0. The van der Waals surface area contributed by atoms with Gasteiger partial charge in [-0.1, -0.05) is 18.2 Å². The molecular weight excluding hydrogens is 276 g/mol. The molecule has 0 spiro atoms. The molecule has 0 aliphatic carbocycles. The van der Waals surface area contributed by atoms with E-state index in [9.17, 15) is 4.79 Å². The zero-order chi connectivity index (χ0) is 15.1. The molecule has 0 unspecified atom stereocenters. The predicted octanol–water partition coefficient (Wildman–Crippen LogP) is 2.10. The van der Waals surface area contributed by atoms with E-state index in [1.54, 1.807) is 10.7 Å². The number of fused-ring (bicyclic) bond motifs is 2. The molecule has 0 bridgehead atoms. The van der Waals surface area contributed by atoms with Crippen LogP contribution in [0.15, 0.2) is 47.6 Å². The lowest BCUT2D eigenvalue weighted by Gasteiger charge is -2.11. The molecule has 5 heteroatoms. The van der Waals surface area contributed by atoms with Gasteiger partial charge in [-0.25, -0.2) is 4.68 Å². The van der Waals surface area contributed by atoms with Gasteiger partial charge in [0.05, 0.1) is 11.3 Å². The highest BCUT2D eigenvalue weighted by Gasteiger charge is 2.12. The minimum atomic E-state index is -0.461. The normalized spacial score (nSPS) is 13.3. The lowest BCUT2D eigenvalue weighted by Crippen LogP contribution is -2.11.